The van der Waals surface area contributed by atoms with Gasteiger partial charge in [-0.3, -0.25) is 24.1 Å². The minimum absolute atomic E-state index is 0.00402. The van der Waals surface area contributed by atoms with Gasteiger partial charge in [0.15, 0.2) is 6.54 Å². The maximum Gasteiger partial charge on any atom is 0.417 e. The van der Waals surface area contributed by atoms with E-state index in [4.69, 9.17) is 11.6 Å². The molecular formula is C23H25ClF3N4O4+. The smallest absolute Gasteiger partial charge is 0.330 e. The number of benzene rings is 1. The summed E-state index contributed by atoms with van der Waals surface area (Å²) in [5.41, 5.74) is -1.03. The van der Waals surface area contributed by atoms with Crippen LogP contribution in [0.15, 0.2) is 30.4 Å². The molecule has 12 heteroatoms. The zero-order chi connectivity index (χ0) is 25.3. The highest BCUT2D eigenvalue weighted by atomic mass is 35.5. The molecule has 1 aromatic rings. The lowest BCUT2D eigenvalue weighted by molar-refractivity contribution is -0.895. The van der Waals surface area contributed by atoms with Gasteiger partial charge < -0.3 is 15.1 Å². The highest BCUT2D eigenvalue weighted by Gasteiger charge is 2.48. The molecular weight excluding hydrogens is 489 g/mol. The van der Waals surface area contributed by atoms with Crippen LogP contribution < -0.4 is 10.2 Å². The quantitative estimate of drug-likeness (QED) is 0.453. The third-order valence-corrected chi connectivity index (χ3v) is 7.01. The van der Waals surface area contributed by atoms with Crippen LogP contribution in [-0.2, 0) is 25.4 Å². The van der Waals surface area contributed by atoms with Gasteiger partial charge in [-0.15, -0.1) is 0 Å². The molecule has 8 nitrogen and oxygen atoms in total. The number of quaternary nitrogens is 1. The van der Waals surface area contributed by atoms with E-state index in [-0.39, 0.29) is 48.3 Å². The molecule has 0 radical (unpaired) electrons. The van der Waals surface area contributed by atoms with Crippen LogP contribution in [0.5, 0.6) is 0 Å². The molecule has 0 aromatic heterocycles. The van der Waals surface area contributed by atoms with Crippen molar-refractivity contribution in [3.05, 3.63) is 40.9 Å². The Kier molecular flexibility index (Phi) is 7.18. The Morgan fingerprint density at radius 2 is 1.66 bits per heavy atom. The zero-order valence-corrected chi connectivity index (χ0v) is 19.5. The number of carbonyl (C=O) groups excluding carboxylic acids is 4. The van der Waals surface area contributed by atoms with Crippen molar-refractivity contribution >= 4 is 40.9 Å². The molecule has 2 fully saturated rings. The van der Waals surface area contributed by atoms with Crippen molar-refractivity contribution in [1.82, 2.24) is 9.80 Å². The van der Waals surface area contributed by atoms with Crippen LogP contribution >= 0.6 is 11.6 Å². The van der Waals surface area contributed by atoms with Crippen molar-refractivity contribution in [3.63, 3.8) is 0 Å². The summed E-state index contributed by atoms with van der Waals surface area (Å²) in [5, 5.41) is 2.01. The van der Waals surface area contributed by atoms with Gasteiger partial charge in [0.05, 0.1) is 48.6 Å². The molecule has 1 aliphatic carbocycles. The molecule has 0 saturated carbocycles. The summed E-state index contributed by atoms with van der Waals surface area (Å²) >= 11 is 5.60. The van der Waals surface area contributed by atoms with Crippen molar-refractivity contribution in [2.45, 2.75) is 19.0 Å². The highest BCUT2D eigenvalue weighted by Crippen LogP contribution is 2.36. The highest BCUT2D eigenvalue weighted by molar-refractivity contribution is 6.31. The number of alkyl halides is 3. The number of carbonyl (C=O) groups is 4. The van der Waals surface area contributed by atoms with Gasteiger partial charge in [-0.05, 0) is 31.0 Å². The predicted octanol–water partition coefficient (Wildman–Crippen LogP) is 0.976. The van der Waals surface area contributed by atoms with E-state index in [0.717, 1.165) is 21.9 Å². The molecule has 0 bridgehead atoms. The number of nitrogens with one attached hydrogen (secondary N) is 2. The zero-order valence-electron chi connectivity index (χ0n) is 18.7. The first-order chi connectivity index (χ1) is 16.5. The molecule has 1 aromatic carbocycles. The molecule has 0 spiro atoms. The molecule has 4 amide bonds. The van der Waals surface area contributed by atoms with Gasteiger partial charge in [0.1, 0.15) is 6.54 Å². The lowest BCUT2D eigenvalue weighted by Crippen LogP contribution is -3.15. The molecule has 35 heavy (non-hydrogen) atoms. The van der Waals surface area contributed by atoms with Crippen LogP contribution in [0.1, 0.15) is 18.4 Å². The van der Waals surface area contributed by atoms with E-state index < -0.39 is 22.7 Å². The van der Waals surface area contributed by atoms with Gasteiger partial charge in [-0.1, -0.05) is 23.8 Å². The van der Waals surface area contributed by atoms with Gasteiger partial charge in [-0.2, -0.15) is 13.2 Å². The normalized spacial score (nSPS) is 23.0. The van der Waals surface area contributed by atoms with Gasteiger partial charge in [0.25, 0.3) is 5.91 Å². The molecule has 3 aliphatic rings. The Labute approximate surface area is 204 Å². The number of rotatable bonds is 5. The monoisotopic (exact) mass is 513 g/mol. The summed E-state index contributed by atoms with van der Waals surface area (Å²) in [5.74, 6) is -2.13. The number of halogens is 4. The molecule has 2 heterocycles. The third kappa shape index (κ3) is 5.51. The maximum atomic E-state index is 13.0. The second-order valence-electron chi connectivity index (χ2n) is 8.97. The largest absolute Gasteiger partial charge is 0.417 e. The maximum absolute atomic E-state index is 13.0. The topological polar surface area (TPSA) is 91.2 Å². The molecule has 2 N–H and O–H groups in total. The predicted molar refractivity (Wildman–Crippen MR) is 119 cm³/mol. The van der Waals surface area contributed by atoms with E-state index in [2.05, 4.69) is 5.32 Å². The Morgan fingerprint density at radius 3 is 2.23 bits per heavy atom. The van der Waals surface area contributed by atoms with Crippen LogP contribution in [-0.4, -0.2) is 72.7 Å². The fourth-order valence-corrected chi connectivity index (χ4v) is 4.99. The number of hydrogen-bond acceptors (Lipinski definition) is 4. The number of fused-ring (bicyclic) bond motifs is 1. The minimum Gasteiger partial charge on any atom is -0.330 e. The van der Waals surface area contributed by atoms with E-state index in [9.17, 15) is 32.3 Å². The van der Waals surface area contributed by atoms with Gasteiger partial charge in [0.2, 0.25) is 17.7 Å². The summed E-state index contributed by atoms with van der Waals surface area (Å²) in [6.07, 6.45) is 0.163. The number of allylic oxidation sites excluding steroid dienone is 2. The van der Waals surface area contributed by atoms with E-state index in [1.54, 1.807) is 4.90 Å². The van der Waals surface area contributed by atoms with Crippen LogP contribution in [0.3, 0.4) is 0 Å². The van der Waals surface area contributed by atoms with Gasteiger partial charge in [-0.25, -0.2) is 0 Å². The van der Waals surface area contributed by atoms with Gasteiger partial charge in [0, 0.05) is 5.69 Å². The fraction of sp³-hybridized carbons (Fsp3) is 0.478. The van der Waals surface area contributed by atoms with E-state index in [1.807, 2.05) is 12.2 Å². The van der Waals surface area contributed by atoms with Gasteiger partial charge >= 0.3 is 6.18 Å². The van der Waals surface area contributed by atoms with E-state index >= 15 is 0 Å². The van der Waals surface area contributed by atoms with Crippen molar-refractivity contribution in [2.24, 2.45) is 11.8 Å². The van der Waals surface area contributed by atoms with Crippen molar-refractivity contribution in [3.8, 4) is 0 Å². The van der Waals surface area contributed by atoms with E-state index in [1.165, 1.54) is 6.07 Å². The van der Waals surface area contributed by atoms with Crippen LogP contribution in [0.2, 0.25) is 5.02 Å². The summed E-state index contributed by atoms with van der Waals surface area (Å²) in [7, 11) is 0. The molecule has 2 saturated heterocycles. The van der Waals surface area contributed by atoms with Crippen LogP contribution in [0, 0.1) is 11.8 Å². The Bertz CT molecular complexity index is 1040. The number of amides is 4. The molecule has 4 rings (SSSR count). The Hall–Kier alpha value is -2.92. The van der Waals surface area contributed by atoms with Crippen molar-refractivity contribution in [1.29, 1.82) is 0 Å². The average molecular weight is 514 g/mol. The standard InChI is InChI=1S/C23H24ClF3N4O4/c24-18-6-5-14(11-17(18)23(25,26)27)28-19(32)12-29-7-9-30(10-8-29)20(33)13-31-21(34)15-3-1-2-4-16(15)22(31)35/h1-2,5-6,11,15-16H,3-4,7-10,12-13H2,(H,28,32)/p+1/t15-,16+. The summed E-state index contributed by atoms with van der Waals surface area (Å²) in [6, 6.07) is 3.17. The second-order valence-corrected chi connectivity index (χ2v) is 9.37. The molecule has 2 aliphatic heterocycles. The number of hydrogen-bond donors (Lipinski definition) is 2. The number of imide groups is 1. The minimum atomic E-state index is -4.63. The molecule has 188 valence electrons. The lowest BCUT2D eigenvalue weighted by Gasteiger charge is -2.32. The lowest BCUT2D eigenvalue weighted by atomic mass is 9.85. The first kappa shape index (κ1) is 25.2. The first-order valence-electron chi connectivity index (χ1n) is 11.3. The van der Waals surface area contributed by atoms with E-state index in [0.29, 0.717) is 39.0 Å². The van der Waals surface area contributed by atoms with Crippen molar-refractivity contribution < 1.29 is 37.2 Å². The average Bonchev–Trinajstić information content (AvgIpc) is 3.05. The summed E-state index contributed by atoms with van der Waals surface area (Å²) in [4.78, 5) is 53.7. The Balaban J connectivity index is 1.25. The fourth-order valence-electron chi connectivity index (χ4n) is 4.76. The number of nitrogens with zero attached hydrogens (tertiary/aromatic N) is 2. The SMILES string of the molecule is O=C(C[NH+]1CCN(C(=O)CN2C(=O)[C@H]3CC=CC[C@H]3C2=O)CC1)Nc1ccc(Cl)c(C(F)(F)F)c1. The Morgan fingerprint density at radius 1 is 1.06 bits per heavy atom. The molecule has 0 unspecified atom stereocenters. The summed E-state index contributed by atoms with van der Waals surface area (Å²) in [6.45, 7) is 1.32. The number of anilines is 1. The first-order valence-corrected chi connectivity index (χ1v) is 11.7. The van der Waals surface area contributed by atoms with Crippen molar-refractivity contribution in [2.75, 3.05) is 44.6 Å². The number of likely N-dealkylation sites (tertiary alicyclic amines) is 1. The van der Waals surface area contributed by atoms with Crippen LogP contribution in [0.25, 0.3) is 0 Å². The number of piperazine rings is 1. The third-order valence-electron chi connectivity index (χ3n) is 6.68. The second kappa shape index (κ2) is 9.98. The van der Waals surface area contributed by atoms with Crippen LogP contribution in [0.4, 0.5) is 18.9 Å². The summed E-state index contributed by atoms with van der Waals surface area (Å²) < 4.78 is 39.0. The molecule has 2 atom stereocenters.